The Bertz CT molecular complexity index is 343. The van der Waals surface area contributed by atoms with Gasteiger partial charge in [-0.05, 0) is 13.8 Å². The van der Waals surface area contributed by atoms with Gasteiger partial charge in [0.1, 0.15) is 0 Å². The van der Waals surface area contributed by atoms with E-state index in [0.29, 0.717) is 13.1 Å². The smallest absolute Gasteiger partial charge is 0.320 e. The summed E-state index contributed by atoms with van der Waals surface area (Å²) in [5.74, 6) is -0.870. The maximum atomic E-state index is 12.2. The summed E-state index contributed by atoms with van der Waals surface area (Å²) in [5, 5.41) is 12.1. The average molecular weight is 241 g/mol. The summed E-state index contributed by atoms with van der Waals surface area (Å²) >= 11 is 0. The fourth-order valence-corrected chi connectivity index (χ4v) is 2.59. The van der Waals surface area contributed by atoms with Crippen LogP contribution in [-0.4, -0.2) is 64.7 Å². The minimum absolute atomic E-state index is 0.0211. The van der Waals surface area contributed by atoms with Gasteiger partial charge in [0.2, 0.25) is 0 Å². The van der Waals surface area contributed by atoms with Gasteiger partial charge < -0.3 is 20.2 Å². The largest absolute Gasteiger partial charge is 0.481 e. The number of nitrogens with zero attached hydrogens (tertiary/aromatic N) is 2. The highest BCUT2D eigenvalue weighted by Gasteiger charge is 2.45. The first-order valence-corrected chi connectivity index (χ1v) is 5.92. The van der Waals surface area contributed by atoms with Crippen molar-refractivity contribution in [1.82, 2.24) is 15.1 Å². The molecule has 2 fully saturated rings. The number of carboxylic acid groups (broad SMARTS) is 1. The van der Waals surface area contributed by atoms with Crippen LogP contribution in [0.5, 0.6) is 0 Å². The van der Waals surface area contributed by atoms with E-state index < -0.39 is 11.5 Å². The standard InChI is InChI=1S/C11H19N3O3/c1-11(2,5-9(15)16)14-7-8-6-12-3-4-13(8)10(14)17/h8,12H,3-7H2,1-2H3,(H,15,16)/t8-/m0/s1. The molecule has 6 heteroatoms. The van der Waals surface area contributed by atoms with E-state index in [0.717, 1.165) is 13.1 Å². The molecule has 0 aromatic heterocycles. The summed E-state index contributed by atoms with van der Waals surface area (Å²) in [5.41, 5.74) is -0.625. The number of fused-ring (bicyclic) bond motifs is 1. The number of piperazine rings is 1. The third-order valence-corrected chi connectivity index (χ3v) is 3.53. The molecule has 0 aromatic rings. The Morgan fingerprint density at radius 2 is 2.29 bits per heavy atom. The van der Waals surface area contributed by atoms with Crippen molar-refractivity contribution in [1.29, 1.82) is 0 Å². The van der Waals surface area contributed by atoms with E-state index in [9.17, 15) is 9.59 Å². The third kappa shape index (κ3) is 2.22. The molecule has 0 aliphatic carbocycles. The van der Waals surface area contributed by atoms with Crippen molar-refractivity contribution >= 4 is 12.0 Å². The zero-order valence-corrected chi connectivity index (χ0v) is 10.3. The van der Waals surface area contributed by atoms with Crippen LogP contribution >= 0.6 is 0 Å². The Balaban J connectivity index is 2.12. The van der Waals surface area contributed by atoms with Crippen LogP contribution in [-0.2, 0) is 4.79 Å². The van der Waals surface area contributed by atoms with E-state index in [1.54, 1.807) is 4.90 Å². The highest BCUT2D eigenvalue weighted by molar-refractivity contribution is 5.79. The maximum Gasteiger partial charge on any atom is 0.320 e. The van der Waals surface area contributed by atoms with Gasteiger partial charge >= 0.3 is 12.0 Å². The van der Waals surface area contributed by atoms with E-state index in [-0.39, 0.29) is 18.5 Å². The van der Waals surface area contributed by atoms with Crippen LogP contribution in [0.4, 0.5) is 4.79 Å². The monoisotopic (exact) mass is 241 g/mol. The van der Waals surface area contributed by atoms with Gasteiger partial charge in [-0.2, -0.15) is 0 Å². The van der Waals surface area contributed by atoms with E-state index in [2.05, 4.69) is 5.32 Å². The Labute approximate surface area is 101 Å². The number of hydrogen-bond donors (Lipinski definition) is 2. The van der Waals surface area contributed by atoms with E-state index in [4.69, 9.17) is 5.11 Å². The van der Waals surface area contributed by atoms with Crippen LogP contribution in [0.3, 0.4) is 0 Å². The Kier molecular flexibility index (Phi) is 2.99. The van der Waals surface area contributed by atoms with Gasteiger partial charge in [-0.25, -0.2) is 4.79 Å². The molecule has 96 valence electrons. The second-order valence-corrected chi connectivity index (χ2v) is 5.33. The van der Waals surface area contributed by atoms with Gasteiger partial charge in [0, 0.05) is 31.7 Å². The van der Waals surface area contributed by atoms with Crippen molar-refractivity contribution in [2.24, 2.45) is 0 Å². The van der Waals surface area contributed by atoms with E-state index in [1.165, 1.54) is 0 Å². The van der Waals surface area contributed by atoms with Crippen LogP contribution in [0.15, 0.2) is 0 Å². The Hall–Kier alpha value is -1.30. The van der Waals surface area contributed by atoms with Gasteiger partial charge in [-0.15, -0.1) is 0 Å². The lowest BCUT2D eigenvalue weighted by atomic mass is 9.98. The molecule has 0 spiro atoms. The summed E-state index contributed by atoms with van der Waals surface area (Å²) in [6.07, 6.45) is -0.0211. The van der Waals surface area contributed by atoms with Crippen LogP contribution < -0.4 is 5.32 Å². The summed E-state index contributed by atoms with van der Waals surface area (Å²) in [6, 6.07) is 0.159. The summed E-state index contributed by atoms with van der Waals surface area (Å²) in [7, 11) is 0. The third-order valence-electron chi connectivity index (χ3n) is 3.53. The van der Waals surface area contributed by atoms with Crippen molar-refractivity contribution in [3.8, 4) is 0 Å². The number of carbonyl (C=O) groups is 2. The SMILES string of the molecule is CC(C)(CC(=O)O)N1C[C@@H]2CNCCN2C1=O. The maximum absolute atomic E-state index is 12.2. The lowest BCUT2D eigenvalue weighted by Gasteiger charge is -2.33. The zero-order valence-electron chi connectivity index (χ0n) is 10.3. The summed E-state index contributed by atoms with van der Waals surface area (Å²) in [4.78, 5) is 26.6. The highest BCUT2D eigenvalue weighted by Crippen LogP contribution is 2.27. The molecule has 2 amide bonds. The highest BCUT2D eigenvalue weighted by atomic mass is 16.4. The first-order valence-electron chi connectivity index (χ1n) is 5.92. The molecule has 2 heterocycles. The van der Waals surface area contributed by atoms with Crippen molar-refractivity contribution in [3.05, 3.63) is 0 Å². The number of nitrogens with one attached hydrogen (secondary N) is 1. The second kappa shape index (κ2) is 4.18. The van der Waals surface area contributed by atoms with Crippen molar-refractivity contribution in [3.63, 3.8) is 0 Å². The molecular formula is C11H19N3O3. The van der Waals surface area contributed by atoms with E-state index in [1.807, 2.05) is 18.7 Å². The van der Waals surface area contributed by atoms with Crippen LogP contribution in [0, 0.1) is 0 Å². The first kappa shape index (κ1) is 12.2. The van der Waals surface area contributed by atoms with Gasteiger partial charge in [0.05, 0.1) is 12.5 Å². The van der Waals surface area contributed by atoms with Gasteiger partial charge in [-0.3, -0.25) is 4.79 Å². The molecule has 2 rings (SSSR count). The summed E-state index contributed by atoms with van der Waals surface area (Å²) in [6.45, 7) is 6.56. The number of aliphatic carboxylic acids is 1. The number of hydrogen-bond acceptors (Lipinski definition) is 3. The molecule has 0 saturated carbocycles. The molecular weight excluding hydrogens is 222 g/mol. The second-order valence-electron chi connectivity index (χ2n) is 5.33. The van der Waals surface area contributed by atoms with E-state index >= 15 is 0 Å². The van der Waals surface area contributed by atoms with Crippen molar-refractivity contribution in [2.75, 3.05) is 26.2 Å². The molecule has 2 aliphatic rings. The predicted molar refractivity (Wildman–Crippen MR) is 61.8 cm³/mol. The fourth-order valence-electron chi connectivity index (χ4n) is 2.59. The topological polar surface area (TPSA) is 72.9 Å². The lowest BCUT2D eigenvalue weighted by Crippen LogP contribution is -2.50. The first-order chi connectivity index (χ1) is 7.92. The Morgan fingerprint density at radius 3 is 2.88 bits per heavy atom. The predicted octanol–water partition coefficient (Wildman–Crippen LogP) is -0.0509. The van der Waals surface area contributed by atoms with Crippen molar-refractivity contribution in [2.45, 2.75) is 31.8 Å². The van der Waals surface area contributed by atoms with Gasteiger partial charge in [-0.1, -0.05) is 0 Å². The molecule has 6 nitrogen and oxygen atoms in total. The minimum Gasteiger partial charge on any atom is -0.481 e. The number of amides is 2. The lowest BCUT2D eigenvalue weighted by molar-refractivity contribution is -0.139. The molecule has 0 bridgehead atoms. The van der Waals surface area contributed by atoms with Gasteiger partial charge in [0.25, 0.3) is 0 Å². The van der Waals surface area contributed by atoms with Gasteiger partial charge in [0.15, 0.2) is 0 Å². The average Bonchev–Trinajstić information content (AvgIpc) is 2.56. The molecule has 17 heavy (non-hydrogen) atoms. The number of carbonyl (C=O) groups excluding carboxylic acids is 1. The molecule has 1 atom stereocenters. The molecule has 2 N–H and O–H groups in total. The number of urea groups is 1. The molecule has 0 aromatic carbocycles. The van der Waals surface area contributed by atoms with Crippen LogP contribution in [0.25, 0.3) is 0 Å². The molecule has 2 aliphatic heterocycles. The van der Waals surface area contributed by atoms with Crippen LogP contribution in [0.2, 0.25) is 0 Å². The number of rotatable bonds is 3. The quantitative estimate of drug-likeness (QED) is 0.726. The fraction of sp³-hybridized carbons (Fsp3) is 0.818. The normalized spacial score (nSPS) is 25.1. The molecule has 0 radical (unpaired) electrons. The molecule has 0 unspecified atom stereocenters. The summed E-state index contributed by atoms with van der Waals surface area (Å²) < 4.78 is 0. The Morgan fingerprint density at radius 1 is 1.59 bits per heavy atom. The zero-order chi connectivity index (χ0) is 12.6. The van der Waals surface area contributed by atoms with Crippen LogP contribution in [0.1, 0.15) is 20.3 Å². The minimum atomic E-state index is -0.870. The number of carboxylic acids is 1. The van der Waals surface area contributed by atoms with Crippen molar-refractivity contribution < 1.29 is 14.7 Å². The molecule has 2 saturated heterocycles.